The highest BCUT2D eigenvalue weighted by atomic mass is 79.9. The maximum absolute atomic E-state index is 14.6. The molecule has 1 aliphatic rings. The molecule has 1 fully saturated rings. The van der Waals surface area contributed by atoms with Gasteiger partial charge in [0.15, 0.2) is 0 Å². The Kier molecular flexibility index (Phi) is 11.5. The molecule has 0 spiro atoms. The Hall–Kier alpha value is -4.16. The van der Waals surface area contributed by atoms with Gasteiger partial charge in [0.1, 0.15) is 12.6 Å². The lowest BCUT2D eigenvalue weighted by Gasteiger charge is -2.34. The van der Waals surface area contributed by atoms with Crippen LogP contribution in [0.25, 0.3) is 0 Å². The van der Waals surface area contributed by atoms with Crippen LogP contribution in [-0.2, 0) is 38.8 Å². The molecule has 2 amide bonds. The average Bonchev–Trinajstić information content (AvgIpc) is 3.59. The molecule has 12 heteroatoms. The predicted octanol–water partition coefficient (Wildman–Crippen LogP) is 7.67. The molecule has 49 heavy (non-hydrogen) atoms. The molecule has 1 saturated carbocycles. The second-order valence-electron chi connectivity index (χ2n) is 12.2. The van der Waals surface area contributed by atoms with Crippen LogP contribution < -0.4 is 9.62 Å². The first-order chi connectivity index (χ1) is 23.3. The van der Waals surface area contributed by atoms with Gasteiger partial charge in [0.05, 0.1) is 16.1 Å². The molecule has 0 bridgehead atoms. The Morgan fingerprint density at radius 3 is 2.16 bits per heavy atom. The van der Waals surface area contributed by atoms with E-state index < -0.39 is 40.3 Å². The molecule has 1 N–H and O–H groups in total. The molecule has 1 unspecified atom stereocenters. The zero-order valence-corrected chi connectivity index (χ0v) is 29.3. The minimum atomic E-state index is -4.76. The third-order valence-electron chi connectivity index (χ3n) is 8.59. The molecule has 5 rings (SSSR count). The molecule has 0 saturated heterocycles. The normalized spacial score (nSPS) is 14.3. The molecule has 0 aliphatic heterocycles. The fourth-order valence-corrected chi connectivity index (χ4v) is 7.58. The second-order valence-corrected chi connectivity index (χ2v) is 15.0. The maximum atomic E-state index is 14.6. The molecule has 0 heterocycles. The van der Waals surface area contributed by atoms with Gasteiger partial charge in [-0.25, -0.2) is 8.42 Å². The van der Waals surface area contributed by atoms with Crippen LogP contribution in [0.15, 0.2) is 112 Å². The summed E-state index contributed by atoms with van der Waals surface area (Å²) in [4.78, 5) is 29.8. The molecule has 1 aliphatic carbocycles. The summed E-state index contributed by atoms with van der Waals surface area (Å²) in [5, 5.41) is 3.10. The van der Waals surface area contributed by atoms with Crippen molar-refractivity contribution in [2.45, 2.75) is 68.7 Å². The quantitative estimate of drug-likeness (QED) is 0.161. The van der Waals surface area contributed by atoms with E-state index in [1.807, 2.05) is 30.3 Å². The van der Waals surface area contributed by atoms with Gasteiger partial charge >= 0.3 is 6.18 Å². The zero-order valence-electron chi connectivity index (χ0n) is 26.9. The van der Waals surface area contributed by atoms with Crippen LogP contribution in [0.3, 0.4) is 0 Å². The minimum Gasteiger partial charge on any atom is -0.352 e. The zero-order chi connectivity index (χ0) is 35.2. The van der Waals surface area contributed by atoms with Crippen molar-refractivity contribution < 1.29 is 31.2 Å². The number of benzene rings is 4. The number of halogens is 4. The SMILES string of the molecule is Cc1ccc(S(=O)(=O)N(CC(=O)N(Cc2ccc(Br)cc2)C(Cc2ccccc2)C(=O)NC2CCCC2)c2cccc(C(F)(F)F)c2)cc1. The number of carbonyl (C=O) groups is 2. The highest BCUT2D eigenvalue weighted by Crippen LogP contribution is 2.33. The van der Waals surface area contributed by atoms with Crippen LogP contribution in [0.1, 0.15) is 47.9 Å². The van der Waals surface area contributed by atoms with Crippen LogP contribution in [0, 0.1) is 6.92 Å². The Labute approximate surface area is 293 Å². The Morgan fingerprint density at radius 2 is 1.53 bits per heavy atom. The molecule has 258 valence electrons. The third-order valence-corrected chi connectivity index (χ3v) is 10.9. The lowest BCUT2D eigenvalue weighted by atomic mass is 10.0. The number of rotatable bonds is 12. The number of nitrogens with one attached hydrogen (secondary N) is 1. The molecule has 1 atom stereocenters. The number of sulfonamides is 1. The van der Waals surface area contributed by atoms with Gasteiger partial charge in [0.25, 0.3) is 10.0 Å². The molecule has 4 aromatic rings. The number of hydrogen-bond acceptors (Lipinski definition) is 4. The summed E-state index contributed by atoms with van der Waals surface area (Å²) in [5.74, 6) is -1.13. The van der Waals surface area contributed by atoms with E-state index in [0.717, 1.165) is 53.4 Å². The van der Waals surface area contributed by atoms with Crippen molar-refractivity contribution >= 4 is 43.5 Å². The number of anilines is 1. The Bertz CT molecular complexity index is 1850. The summed E-state index contributed by atoms with van der Waals surface area (Å²) in [6.07, 6.45) is -1.07. The van der Waals surface area contributed by atoms with Crippen LogP contribution in [0.5, 0.6) is 0 Å². The first-order valence-electron chi connectivity index (χ1n) is 16.0. The molecule has 0 radical (unpaired) electrons. The van der Waals surface area contributed by atoms with E-state index in [1.165, 1.54) is 23.1 Å². The van der Waals surface area contributed by atoms with Gasteiger partial charge in [0, 0.05) is 23.5 Å². The summed E-state index contributed by atoms with van der Waals surface area (Å²) < 4.78 is 71.3. The topological polar surface area (TPSA) is 86.8 Å². The molecular weight excluding hydrogens is 719 g/mol. The van der Waals surface area contributed by atoms with Crippen molar-refractivity contribution in [3.63, 3.8) is 0 Å². The van der Waals surface area contributed by atoms with E-state index in [1.54, 1.807) is 43.3 Å². The number of hydrogen-bond donors (Lipinski definition) is 1. The van der Waals surface area contributed by atoms with Gasteiger partial charge < -0.3 is 10.2 Å². The van der Waals surface area contributed by atoms with Crippen LogP contribution >= 0.6 is 15.9 Å². The summed E-state index contributed by atoms with van der Waals surface area (Å²) in [6.45, 7) is 0.868. The third kappa shape index (κ3) is 9.30. The predicted molar refractivity (Wildman–Crippen MR) is 186 cm³/mol. The second kappa shape index (κ2) is 15.6. The van der Waals surface area contributed by atoms with E-state index in [4.69, 9.17) is 0 Å². The fourth-order valence-electron chi connectivity index (χ4n) is 5.91. The number of aryl methyl sites for hydroxylation is 1. The first-order valence-corrected chi connectivity index (χ1v) is 18.2. The van der Waals surface area contributed by atoms with Gasteiger partial charge in [-0.2, -0.15) is 13.2 Å². The number of amides is 2. The number of nitrogens with zero attached hydrogens (tertiary/aromatic N) is 2. The maximum Gasteiger partial charge on any atom is 0.416 e. The highest BCUT2D eigenvalue weighted by Gasteiger charge is 2.37. The van der Waals surface area contributed by atoms with Crippen LogP contribution in [0.4, 0.5) is 18.9 Å². The van der Waals surface area contributed by atoms with Crippen molar-refractivity contribution in [3.05, 3.63) is 130 Å². The largest absolute Gasteiger partial charge is 0.416 e. The van der Waals surface area contributed by atoms with Crippen molar-refractivity contribution in [1.29, 1.82) is 0 Å². The molecule has 4 aromatic carbocycles. The summed E-state index contributed by atoms with van der Waals surface area (Å²) in [7, 11) is -4.55. The van der Waals surface area contributed by atoms with Crippen molar-refractivity contribution in [1.82, 2.24) is 10.2 Å². The van der Waals surface area contributed by atoms with E-state index in [9.17, 15) is 31.2 Å². The number of carbonyl (C=O) groups excluding carboxylic acids is 2. The first kappa shape index (κ1) is 36.1. The summed E-state index contributed by atoms with van der Waals surface area (Å²) >= 11 is 3.41. The highest BCUT2D eigenvalue weighted by molar-refractivity contribution is 9.10. The van der Waals surface area contributed by atoms with Crippen molar-refractivity contribution in [2.75, 3.05) is 10.8 Å². The molecule has 7 nitrogen and oxygen atoms in total. The lowest BCUT2D eigenvalue weighted by Crippen LogP contribution is -2.54. The van der Waals surface area contributed by atoms with Gasteiger partial charge in [-0.1, -0.05) is 95.0 Å². The molecule has 0 aromatic heterocycles. The van der Waals surface area contributed by atoms with E-state index in [2.05, 4.69) is 21.2 Å². The van der Waals surface area contributed by atoms with E-state index in [-0.39, 0.29) is 35.5 Å². The average molecular weight is 757 g/mol. The van der Waals surface area contributed by atoms with Gasteiger partial charge in [0.2, 0.25) is 11.8 Å². The Morgan fingerprint density at radius 1 is 0.878 bits per heavy atom. The number of alkyl halides is 3. The molecular formula is C37H37BrF3N3O4S. The van der Waals surface area contributed by atoms with Crippen LogP contribution in [-0.4, -0.2) is 43.8 Å². The standard InChI is InChI=1S/C37H37BrF3N3O4S/c1-26-14-20-33(21-15-26)49(47,48)44(32-13-7-10-29(23-32)37(39,40)41)25-35(45)43(24-28-16-18-30(38)19-17-28)34(22-27-8-3-2-4-9-27)36(46)42-31-11-5-6-12-31/h2-4,7-10,13-21,23,31,34H,5-6,11-12,22,24-25H2,1H3,(H,42,46). The lowest BCUT2D eigenvalue weighted by molar-refractivity contribution is -0.140. The van der Waals surface area contributed by atoms with Gasteiger partial charge in [-0.15, -0.1) is 0 Å². The minimum absolute atomic E-state index is 0.0529. The van der Waals surface area contributed by atoms with E-state index in [0.29, 0.717) is 15.9 Å². The smallest absolute Gasteiger partial charge is 0.352 e. The monoisotopic (exact) mass is 755 g/mol. The van der Waals surface area contributed by atoms with Gasteiger partial charge in [-0.05, 0) is 73.4 Å². The van der Waals surface area contributed by atoms with Gasteiger partial charge in [-0.3, -0.25) is 13.9 Å². The Balaban J connectivity index is 1.59. The van der Waals surface area contributed by atoms with Crippen molar-refractivity contribution in [2.24, 2.45) is 0 Å². The van der Waals surface area contributed by atoms with E-state index >= 15 is 0 Å². The summed E-state index contributed by atoms with van der Waals surface area (Å²) in [6, 6.07) is 24.9. The summed E-state index contributed by atoms with van der Waals surface area (Å²) in [5.41, 5.74) is 0.840. The fraction of sp³-hybridized carbons (Fsp3) is 0.297. The van der Waals surface area contributed by atoms with Crippen LogP contribution in [0.2, 0.25) is 0 Å². The van der Waals surface area contributed by atoms with Crippen molar-refractivity contribution in [3.8, 4) is 0 Å².